The summed E-state index contributed by atoms with van der Waals surface area (Å²) in [4.78, 5) is 14.2. The van der Waals surface area contributed by atoms with Crippen molar-refractivity contribution >= 4 is 42.5 Å². The van der Waals surface area contributed by atoms with E-state index in [4.69, 9.17) is 0 Å². The highest BCUT2D eigenvalue weighted by Gasteiger charge is 2.25. The Hall–Kier alpha value is 0.320. The molecular weight excluding hydrogens is 293 g/mol. The molecule has 4 nitrogen and oxygen atoms in total. The lowest BCUT2D eigenvalue weighted by Crippen LogP contribution is -2.43. The van der Waals surface area contributed by atoms with Crippen LogP contribution < -0.4 is 10.6 Å². The molecule has 2 rings (SSSR count). The quantitative estimate of drug-likeness (QED) is 0.811. The van der Waals surface area contributed by atoms with Crippen LogP contribution >= 0.6 is 36.6 Å². The Labute approximate surface area is 126 Å². The maximum atomic E-state index is 11.8. The van der Waals surface area contributed by atoms with Gasteiger partial charge >= 0.3 is 0 Å². The zero-order chi connectivity index (χ0) is 11.4. The van der Waals surface area contributed by atoms with E-state index in [0.717, 1.165) is 31.3 Å². The molecule has 2 fully saturated rings. The van der Waals surface area contributed by atoms with E-state index in [9.17, 15) is 4.79 Å². The molecule has 0 aliphatic carbocycles. The lowest BCUT2D eigenvalue weighted by molar-refractivity contribution is -0.122. The normalized spacial score (nSPS) is 27.4. The molecule has 2 saturated heterocycles. The average Bonchev–Trinajstić information content (AvgIpc) is 2.96. The Bertz CT molecular complexity index is 252. The van der Waals surface area contributed by atoms with Gasteiger partial charge in [-0.2, -0.15) is 0 Å². The standard InChI is InChI=1S/C11H21N3OS.2ClH/c1-2-14-4-3-9(6-14)5-12-11(15)10-7-16-8-13-10;;/h9-10,13H,2-8H2,1H3,(H,12,15);2*1H. The first-order valence-electron chi connectivity index (χ1n) is 6.10. The summed E-state index contributed by atoms with van der Waals surface area (Å²) in [7, 11) is 0. The number of carbonyl (C=O) groups is 1. The van der Waals surface area contributed by atoms with Gasteiger partial charge in [0.05, 0.1) is 6.04 Å². The highest BCUT2D eigenvalue weighted by molar-refractivity contribution is 7.99. The second kappa shape index (κ2) is 9.26. The summed E-state index contributed by atoms with van der Waals surface area (Å²) >= 11 is 1.79. The number of thioether (sulfide) groups is 1. The molecular formula is C11H23Cl2N3OS. The third-order valence-corrected chi connectivity index (χ3v) is 4.35. The molecule has 2 unspecified atom stereocenters. The lowest BCUT2D eigenvalue weighted by atomic mass is 10.1. The van der Waals surface area contributed by atoms with Crippen molar-refractivity contribution < 1.29 is 4.79 Å². The zero-order valence-corrected chi connectivity index (χ0v) is 13.1. The average molecular weight is 316 g/mol. The van der Waals surface area contributed by atoms with Crippen molar-refractivity contribution in [3.63, 3.8) is 0 Å². The highest BCUT2D eigenvalue weighted by atomic mass is 35.5. The Morgan fingerprint density at radius 2 is 2.28 bits per heavy atom. The Morgan fingerprint density at radius 1 is 1.50 bits per heavy atom. The first-order valence-corrected chi connectivity index (χ1v) is 7.26. The van der Waals surface area contributed by atoms with Gasteiger partial charge in [0.15, 0.2) is 0 Å². The summed E-state index contributed by atoms with van der Waals surface area (Å²) in [6.45, 7) is 6.50. The zero-order valence-electron chi connectivity index (χ0n) is 10.7. The van der Waals surface area contributed by atoms with Crippen LogP contribution in [0.5, 0.6) is 0 Å². The van der Waals surface area contributed by atoms with Gasteiger partial charge in [0, 0.05) is 24.7 Å². The molecule has 18 heavy (non-hydrogen) atoms. The predicted molar refractivity (Wildman–Crippen MR) is 82.0 cm³/mol. The maximum Gasteiger partial charge on any atom is 0.238 e. The lowest BCUT2D eigenvalue weighted by Gasteiger charge is -2.15. The van der Waals surface area contributed by atoms with Crippen LogP contribution in [-0.4, -0.2) is 54.7 Å². The van der Waals surface area contributed by atoms with Crippen molar-refractivity contribution in [2.45, 2.75) is 19.4 Å². The Kier molecular flexibility index (Phi) is 9.42. The molecule has 0 radical (unpaired) electrons. The smallest absolute Gasteiger partial charge is 0.238 e. The monoisotopic (exact) mass is 315 g/mol. The van der Waals surface area contributed by atoms with Crippen molar-refractivity contribution in [3.8, 4) is 0 Å². The van der Waals surface area contributed by atoms with Gasteiger partial charge in [-0.15, -0.1) is 36.6 Å². The van der Waals surface area contributed by atoms with Crippen molar-refractivity contribution in [1.29, 1.82) is 0 Å². The van der Waals surface area contributed by atoms with Crippen LogP contribution in [0, 0.1) is 5.92 Å². The van der Waals surface area contributed by atoms with Crippen molar-refractivity contribution in [2.75, 3.05) is 37.8 Å². The summed E-state index contributed by atoms with van der Waals surface area (Å²) < 4.78 is 0. The van der Waals surface area contributed by atoms with Crippen LogP contribution in [0.3, 0.4) is 0 Å². The Balaban J connectivity index is 0.00000144. The van der Waals surface area contributed by atoms with E-state index in [0.29, 0.717) is 5.92 Å². The number of likely N-dealkylation sites (tertiary alicyclic amines) is 1. The van der Waals surface area contributed by atoms with Gasteiger partial charge in [-0.3, -0.25) is 10.1 Å². The van der Waals surface area contributed by atoms with Crippen LogP contribution in [0.1, 0.15) is 13.3 Å². The number of halogens is 2. The second-order valence-corrected chi connectivity index (χ2v) is 5.60. The summed E-state index contributed by atoms with van der Waals surface area (Å²) in [6.07, 6.45) is 1.22. The minimum absolute atomic E-state index is 0. The van der Waals surface area contributed by atoms with Gasteiger partial charge in [0.1, 0.15) is 0 Å². The van der Waals surface area contributed by atoms with Crippen molar-refractivity contribution in [2.24, 2.45) is 5.92 Å². The SMILES string of the molecule is CCN1CCC(CNC(=O)C2CSCN2)C1.Cl.Cl. The molecule has 108 valence electrons. The van der Waals surface area contributed by atoms with E-state index < -0.39 is 0 Å². The number of rotatable bonds is 4. The van der Waals surface area contributed by atoms with E-state index in [1.54, 1.807) is 11.8 Å². The molecule has 2 aliphatic rings. The van der Waals surface area contributed by atoms with Crippen LogP contribution in [0.25, 0.3) is 0 Å². The van der Waals surface area contributed by atoms with Crippen LogP contribution in [0.15, 0.2) is 0 Å². The van der Waals surface area contributed by atoms with E-state index in [-0.39, 0.29) is 36.8 Å². The van der Waals surface area contributed by atoms with Gasteiger partial charge in [-0.05, 0) is 25.4 Å². The molecule has 2 N–H and O–H groups in total. The van der Waals surface area contributed by atoms with Crippen LogP contribution in [0.4, 0.5) is 0 Å². The second-order valence-electron chi connectivity index (χ2n) is 4.56. The van der Waals surface area contributed by atoms with E-state index in [2.05, 4.69) is 22.5 Å². The van der Waals surface area contributed by atoms with E-state index in [1.807, 2.05) is 0 Å². The van der Waals surface area contributed by atoms with Gasteiger partial charge in [0.25, 0.3) is 0 Å². The molecule has 0 bridgehead atoms. The molecule has 1 amide bonds. The van der Waals surface area contributed by atoms with Gasteiger partial charge in [-0.1, -0.05) is 6.92 Å². The predicted octanol–water partition coefficient (Wildman–Crippen LogP) is 0.950. The van der Waals surface area contributed by atoms with E-state index >= 15 is 0 Å². The molecule has 0 spiro atoms. The number of nitrogens with one attached hydrogen (secondary N) is 2. The molecule has 2 atom stereocenters. The number of amides is 1. The highest BCUT2D eigenvalue weighted by Crippen LogP contribution is 2.15. The van der Waals surface area contributed by atoms with Crippen LogP contribution in [0.2, 0.25) is 0 Å². The molecule has 0 aromatic rings. The van der Waals surface area contributed by atoms with Crippen LogP contribution in [-0.2, 0) is 4.79 Å². The molecule has 0 saturated carbocycles. The summed E-state index contributed by atoms with van der Waals surface area (Å²) in [5, 5.41) is 6.26. The molecule has 2 heterocycles. The number of carbonyl (C=O) groups excluding carboxylic acids is 1. The Morgan fingerprint density at radius 3 is 2.83 bits per heavy atom. The molecule has 2 aliphatic heterocycles. The summed E-state index contributed by atoms with van der Waals surface area (Å²) in [5.41, 5.74) is 0. The third kappa shape index (κ3) is 5.13. The first kappa shape index (κ1) is 18.3. The van der Waals surface area contributed by atoms with Gasteiger partial charge in [-0.25, -0.2) is 0 Å². The third-order valence-electron chi connectivity index (χ3n) is 3.41. The summed E-state index contributed by atoms with van der Waals surface area (Å²) in [5.74, 6) is 2.65. The van der Waals surface area contributed by atoms with Crippen molar-refractivity contribution in [1.82, 2.24) is 15.5 Å². The molecule has 0 aromatic heterocycles. The topological polar surface area (TPSA) is 44.4 Å². The van der Waals surface area contributed by atoms with Gasteiger partial charge < -0.3 is 10.2 Å². The fraction of sp³-hybridized carbons (Fsp3) is 0.909. The largest absolute Gasteiger partial charge is 0.354 e. The minimum atomic E-state index is 0. The molecule has 0 aromatic carbocycles. The van der Waals surface area contributed by atoms with E-state index in [1.165, 1.54) is 13.0 Å². The maximum absolute atomic E-state index is 11.8. The summed E-state index contributed by atoms with van der Waals surface area (Å²) in [6, 6.07) is 0.0358. The number of hydrogen-bond donors (Lipinski definition) is 2. The fourth-order valence-electron chi connectivity index (χ4n) is 2.30. The fourth-order valence-corrected chi connectivity index (χ4v) is 3.24. The minimum Gasteiger partial charge on any atom is -0.354 e. The number of hydrogen-bond acceptors (Lipinski definition) is 4. The van der Waals surface area contributed by atoms with Gasteiger partial charge in [0.2, 0.25) is 5.91 Å². The van der Waals surface area contributed by atoms with Crippen molar-refractivity contribution in [3.05, 3.63) is 0 Å². The number of nitrogens with zero attached hydrogens (tertiary/aromatic N) is 1. The first-order chi connectivity index (χ1) is 7.79. The molecule has 7 heteroatoms.